The molecular formula is C12H7F3N4O3. The van der Waals surface area contributed by atoms with Gasteiger partial charge in [-0.25, -0.2) is 5.10 Å². The zero-order chi connectivity index (χ0) is 15.7. The van der Waals surface area contributed by atoms with Crippen molar-refractivity contribution in [3.8, 4) is 11.6 Å². The molecular weight excluding hydrogens is 305 g/mol. The normalized spacial score (nSPS) is 11.8. The predicted octanol–water partition coefficient (Wildman–Crippen LogP) is 2.02. The molecule has 3 aromatic heterocycles. The lowest BCUT2D eigenvalue weighted by Crippen LogP contribution is -2.05. The van der Waals surface area contributed by atoms with E-state index in [0.29, 0.717) is 6.26 Å². The molecule has 0 fully saturated rings. The van der Waals surface area contributed by atoms with E-state index in [2.05, 4.69) is 20.3 Å². The fourth-order valence-electron chi connectivity index (χ4n) is 1.67. The zero-order valence-corrected chi connectivity index (χ0v) is 10.7. The van der Waals surface area contributed by atoms with Gasteiger partial charge < -0.3 is 8.94 Å². The minimum atomic E-state index is -4.47. The first-order chi connectivity index (χ1) is 10.4. The van der Waals surface area contributed by atoms with Gasteiger partial charge in [-0.1, -0.05) is 5.16 Å². The van der Waals surface area contributed by atoms with Gasteiger partial charge in [-0.05, 0) is 12.1 Å². The standard InChI is InChI=1S/C12H7F3N4O3/c13-12(14,15)6-3-7(21-5-6)4-9-16-11(22-19-9)8-1-2-10(20)18-17-8/h1-3,5H,4H2,(H,18,20). The molecule has 0 aromatic carbocycles. The summed E-state index contributed by atoms with van der Waals surface area (Å²) in [4.78, 5) is 14.9. The van der Waals surface area contributed by atoms with Gasteiger partial charge >= 0.3 is 6.18 Å². The van der Waals surface area contributed by atoms with E-state index in [9.17, 15) is 18.0 Å². The van der Waals surface area contributed by atoms with Crippen LogP contribution in [0.15, 0.2) is 38.2 Å². The van der Waals surface area contributed by atoms with E-state index in [4.69, 9.17) is 8.94 Å². The third-order valence-electron chi connectivity index (χ3n) is 2.68. The topological polar surface area (TPSA) is 97.8 Å². The molecule has 0 atom stereocenters. The molecule has 0 aliphatic carbocycles. The Hall–Kier alpha value is -2.91. The summed E-state index contributed by atoms with van der Waals surface area (Å²) in [5.41, 5.74) is -1.03. The Labute approximate surface area is 119 Å². The first kappa shape index (κ1) is 14.0. The maximum atomic E-state index is 12.5. The number of nitrogens with one attached hydrogen (secondary N) is 1. The van der Waals surface area contributed by atoms with Crippen molar-refractivity contribution >= 4 is 0 Å². The van der Waals surface area contributed by atoms with E-state index < -0.39 is 17.3 Å². The molecule has 3 rings (SSSR count). The second-order valence-corrected chi connectivity index (χ2v) is 4.30. The Kier molecular flexibility index (Phi) is 3.28. The van der Waals surface area contributed by atoms with Gasteiger partial charge in [0.05, 0.1) is 12.0 Å². The maximum Gasteiger partial charge on any atom is 0.419 e. The lowest BCUT2D eigenvalue weighted by atomic mass is 10.2. The summed E-state index contributed by atoms with van der Waals surface area (Å²) in [6, 6.07) is 3.48. The summed E-state index contributed by atoms with van der Waals surface area (Å²) in [6.45, 7) is 0. The van der Waals surface area contributed by atoms with E-state index in [-0.39, 0.29) is 29.6 Å². The first-order valence-corrected chi connectivity index (χ1v) is 5.95. The Balaban J connectivity index is 1.78. The van der Waals surface area contributed by atoms with E-state index >= 15 is 0 Å². The average Bonchev–Trinajstić information content (AvgIpc) is 3.09. The number of nitrogens with zero attached hydrogens (tertiary/aromatic N) is 3. The summed E-state index contributed by atoms with van der Waals surface area (Å²) >= 11 is 0. The smallest absolute Gasteiger partial charge is 0.419 e. The number of halogens is 3. The first-order valence-electron chi connectivity index (χ1n) is 5.95. The summed E-state index contributed by atoms with van der Waals surface area (Å²) in [5.74, 6) is 0.217. The molecule has 3 aromatic rings. The molecule has 0 amide bonds. The van der Waals surface area contributed by atoms with Gasteiger partial charge in [0.2, 0.25) is 0 Å². The summed E-state index contributed by atoms with van der Waals surface area (Å²) in [6.07, 6.45) is -3.91. The Morgan fingerprint density at radius 2 is 2.09 bits per heavy atom. The van der Waals surface area contributed by atoms with Crippen LogP contribution in [0.2, 0.25) is 0 Å². The van der Waals surface area contributed by atoms with Crippen LogP contribution in [0.25, 0.3) is 11.6 Å². The number of hydrogen-bond acceptors (Lipinski definition) is 6. The van der Waals surface area contributed by atoms with E-state index in [1.165, 1.54) is 12.1 Å². The zero-order valence-electron chi connectivity index (χ0n) is 10.7. The minimum absolute atomic E-state index is 0.0360. The minimum Gasteiger partial charge on any atom is -0.468 e. The van der Waals surface area contributed by atoms with Crippen molar-refractivity contribution in [2.45, 2.75) is 12.6 Å². The lowest BCUT2D eigenvalue weighted by Gasteiger charge is -1.99. The quantitative estimate of drug-likeness (QED) is 0.794. The number of alkyl halides is 3. The highest BCUT2D eigenvalue weighted by molar-refractivity contribution is 5.44. The monoisotopic (exact) mass is 312 g/mol. The number of H-pyrrole nitrogens is 1. The Morgan fingerprint density at radius 1 is 1.27 bits per heavy atom. The van der Waals surface area contributed by atoms with Crippen LogP contribution in [0.5, 0.6) is 0 Å². The largest absolute Gasteiger partial charge is 0.468 e. The molecule has 0 unspecified atom stereocenters. The van der Waals surface area contributed by atoms with Crippen molar-refractivity contribution in [3.63, 3.8) is 0 Å². The van der Waals surface area contributed by atoms with Crippen LogP contribution in [0.1, 0.15) is 17.1 Å². The van der Waals surface area contributed by atoms with Crippen LogP contribution in [-0.4, -0.2) is 20.3 Å². The van der Waals surface area contributed by atoms with Gasteiger partial charge in [0, 0.05) is 6.07 Å². The summed E-state index contributed by atoms with van der Waals surface area (Å²) < 4.78 is 47.1. The molecule has 3 heterocycles. The van der Waals surface area contributed by atoms with Crippen LogP contribution < -0.4 is 5.56 Å². The van der Waals surface area contributed by atoms with Crippen LogP contribution in [0.4, 0.5) is 13.2 Å². The molecule has 0 bridgehead atoms. The molecule has 0 aliphatic rings. The SMILES string of the molecule is O=c1ccc(-c2nc(Cc3cc(C(F)(F)F)co3)no2)n[nH]1. The molecule has 22 heavy (non-hydrogen) atoms. The number of furan rings is 1. The third-order valence-corrected chi connectivity index (χ3v) is 2.68. The van der Waals surface area contributed by atoms with Crippen LogP contribution in [-0.2, 0) is 12.6 Å². The summed E-state index contributed by atoms with van der Waals surface area (Å²) in [7, 11) is 0. The fourth-order valence-corrected chi connectivity index (χ4v) is 1.67. The number of hydrogen-bond donors (Lipinski definition) is 1. The second-order valence-electron chi connectivity index (χ2n) is 4.30. The van der Waals surface area contributed by atoms with Crippen molar-refractivity contribution in [2.24, 2.45) is 0 Å². The number of aromatic nitrogens is 4. The molecule has 0 saturated heterocycles. The second kappa shape index (κ2) is 5.13. The fraction of sp³-hybridized carbons (Fsp3) is 0.167. The highest BCUT2D eigenvalue weighted by atomic mass is 19.4. The third kappa shape index (κ3) is 2.90. The highest BCUT2D eigenvalue weighted by Crippen LogP contribution is 2.31. The van der Waals surface area contributed by atoms with Gasteiger partial charge in [0.25, 0.3) is 11.4 Å². The van der Waals surface area contributed by atoms with Crippen molar-refractivity contribution in [3.05, 3.63) is 52.0 Å². The molecule has 10 heteroatoms. The molecule has 0 saturated carbocycles. The maximum absolute atomic E-state index is 12.5. The van der Waals surface area contributed by atoms with E-state index in [0.717, 1.165) is 6.07 Å². The van der Waals surface area contributed by atoms with Crippen LogP contribution in [0.3, 0.4) is 0 Å². The molecule has 7 nitrogen and oxygen atoms in total. The van der Waals surface area contributed by atoms with Crippen LogP contribution >= 0.6 is 0 Å². The average molecular weight is 312 g/mol. The molecule has 0 spiro atoms. The number of rotatable bonds is 3. The summed E-state index contributed by atoms with van der Waals surface area (Å²) in [5, 5.41) is 9.52. The molecule has 0 radical (unpaired) electrons. The lowest BCUT2D eigenvalue weighted by molar-refractivity contribution is -0.137. The predicted molar refractivity (Wildman–Crippen MR) is 64.7 cm³/mol. The molecule has 0 aliphatic heterocycles. The van der Waals surface area contributed by atoms with Crippen molar-refractivity contribution in [1.29, 1.82) is 0 Å². The van der Waals surface area contributed by atoms with Crippen molar-refractivity contribution in [1.82, 2.24) is 20.3 Å². The highest BCUT2D eigenvalue weighted by Gasteiger charge is 2.32. The van der Waals surface area contributed by atoms with E-state index in [1.54, 1.807) is 0 Å². The van der Waals surface area contributed by atoms with Gasteiger partial charge in [-0.2, -0.15) is 23.3 Å². The van der Waals surface area contributed by atoms with Crippen molar-refractivity contribution < 1.29 is 22.1 Å². The van der Waals surface area contributed by atoms with Gasteiger partial charge in [-0.3, -0.25) is 4.79 Å². The number of aromatic amines is 1. The molecule has 1 N–H and O–H groups in total. The van der Waals surface area contributed by atoms with Gasteiger partial charge in [0.15, 0.2) is 5.82 Å². The van der Waals surface area contributed by atoms with E-state index in [1.807, 2.05) is 0 Å². The Bertz CT molecular complexity index is 829. The van der Waals surface area contributed by atoms with Crippen molar-refractivity contribution in [2.75, 3.05) is 0 Å². The molecule has 114 valence electrons. The van der Waals surface area contributed by atoms with Gasteiger partial charge in [-0.15, -0.1) is 0 Å². The van der Waals surface area contributed by atoms with Gasteiger partial charge in [0.1, 0.15) is 17.7 Å². The Morgan fingerprint density at radius 3 is 2.73 bits per heavy atom. The van der Waals surface area contributed by atoms with Crippen LogP contribution in [0, 0.1) is 0 Å².